The molecule has 0 radical (unpaired) electrons. The number of hydrogen-bond acceptors (Lipinski definition) is 2. The second-order valence-electron chi connectivity index (χ2n) is 5.14. The van der Waals surface area contributed by atoms with Crippen molar-refractivity contribution in [2.45, 2.75) is 19.8 Å². The summed E-state index contributed by atoms with van der Waals surface area (Å²) in [5, 5.41) is 6.35. The molecule has 0 unspecified atom stereocenters. The van der Waals surface area contributed by atoms with Crippen LogP contribution in [0.3, 0.4) is 0 Å². The van der Waals surface area contributed by atoms with Gasteiger partial charge in [-0.2, -0.15) is 0 Å². The van der Waals surface area contributed by atoms with Crippen molar-refractivity contribution >= 4 is 17.3 Å². The van der Waals surface area contributed by atoms with Gasteiger partial charge in [-0.25, -0.2) is 0 Å². The molecule has 0 fully saturated rings. The third kappa shape index (κ3) is 2.39. The normalized spacial score (nSPS) is 13.2. The average Bonchev–Trinajstić information content (AvgIpc) is 2.49. The lowest BCUT2D eigenvalue weighted by molar-refractivity contribution is 0.102. The highest BCUT2D eigenvalue weighted by Gasteiger charge is 2.17. The molecule has 0 aromatic heterocycles. The molecule has 102 valence electrons. The van der Waals surface area contributed by atoms with Crippen LogP contribution in [0.4, 0.5) is 11.4 Å². The summed E-state index contributed by atoms with van der Waals surface area (Å²) in [4.78, 5) is 12.5. The van der Waals surface area contributed by atoms with E-state index in [2.05, 4.69) is 16.7 Å². The summed E-state index contributed by atoms with van der Waals surface area (Å²) in [7, 11) is 0. The van der Waals surface area contributed by atoms with Gasteiger partial charge in [0.25, 0.3) is 5.91 Å². The minimum Gasteiger partial charge on any atom is -0.384 e. The predicted octanol–water partition coefficient (Wildman–Crippen LogP) is 3.61. The second-order valence-corrected chi connectivity index (χ2v) is 5.14. The Morgan fingerprint density at radius 2 is 2.00 bits per heavy atom. The van der Waals surface area contributed by atoms with E-state index < -0.39 is 0 Å². The average molecular weight is 266 g/mol. The van der Waals surface area contributed by atoms with Gasteiger partial charge in [-0.1, -0.05) is 30.3 Å². The largest absolute Gasteiger partial charge is 0.384 e. The molecule has 1 aliphatic heterocycles. The van der Waals surface area contributed by atoms with E-state index in [-0.39, 0.29) is 5.91 Å². The van der Waals surface area contributed by atoms with Gasteiger partial charge >= 0.3 is 0 Å². The Morgan fingerprint density at radius 1 is 1.15 bits per heavy atom. The molecule has 0 spiro atoms. The summed E-state index contributed by atoms with van der Waals surface area (Å²) >= 11 is 0. The van der Waals surface area contributed by atoms with Crippen LogP contribution in [-0.4, -0.2) is 12.5 Å². The summed E-state index contributed by atoms with van der Waals surface area (Å²) in [5.74, 6) is -0.0504. The van der Waals surface area contributed by atoms with Crippen LogP contribution in [-0.2, 0) is 6.42 Å². The fraction of sp³-hybridized carbons (Fsp3) is 0.235. The highest BCUT2D eigenvalue weighted by Crippen LogP contribution is 2.27. The molecule has 0 saturated carbocycles. The second kappa shape index (κ2) is 5.37. The zero-order valence-electron chi connectivity index (χ0n) is 11.6. The van der Waals surface area contributed by atoms with Gasteiger partial charge in [-0.3, -0.25) is 4.79 Å². The van der Waals surface area contributed by atoms with E-state index in [9.17, 15) is 4.79 Å². The summed E-state index contributed by atoms with van der Waals surface area (Å²) in [6, 6.07) is 13.7. The van der Waals surface area contributed by atoms with E-state index in [0.717, 1.165) is 41.9 Å². The maximum absolute atomic E-state index is 12.5. The zero-order valence-corrected chi connectivity index (χ0v) is 11.6. The molecule has 2 aromatic rings. The molecule has 2 aromatic carbocycles. The van der Waals surface area contributed by atoms with Gasteiger partial charge in [-0.05, 0) is 43.0 Å². The van der Waals surface area contributed by atoms with E-state index in [1.54, 1.807) is 0 Å². The van der Waals surface area contributed by atoms with Gasteiger partial charge in [0, 0.05) is 12.2 Å². The zero-order chi connectivity index (χ0) is 13.9. The number of amides is 1. The van der Waals surface area contributed by atoms with Crippen LogP contribution < -0.4 is 10.6 Å². The van der Waals surface area contributed by atoms with E-state index in [1.165, 1.54) is 5.56 Å². The molecule has 2 N–H and O–H groups in total. The Balaban J connectivity index is 1.90. The fourth-order valence-electron chi connectivity index (χ4n) is 2.60. The highest BCUT2D eigenvalue weighted by molar-refractivity contribution is 6.08. The van der Waals surface area contributed by atoms with Crippen molar-refractivity contribution in [3.05, 3.63) is 59.2 Å². The van der Waals surface area contributed by atoms with E-state index in [1.807, 2.05) is 43.3 Å². The first-order chi connectivity index (χ1) is 9.75. The SMILES string of the molecule is Cc1ccccc1NC(=O)c1cccc2c1NCCC2. The lowest BCUT2D eigenvalue weighted by atomic mass is 9.99. The predicted molar refractivity (Wildman–Crippen MR) is 82.4 cm³/mol. The fourth-order valence-corrected chi connectivity index (χ4v) is 2.60. The number of carbonyl (C=O) groups excluding carboxylic acids is 1. The lowest BCUT2D eigenvalue weighted by Crippen LogP contribution is -2.19. The number of benzene rings is 2. The van der Waals surface area contributed by atoms with Gasteiger partial charge < -0.3 is 10.6 Å². The number of carbonyl (C=O) groups is 1. The molecule has 20 heavy (non-hydrogen) atoms. The van der Waals surface area contributed by atoms with Crippen LogP contribution in [0.1, 0.15) is 27.9 Å². The molecule has 1 amide bonds. The lowest BCUT2D eigenvalue weighted by Gasteiger charge is -2.21. The van der Waals surface area contributed by atoms with E-state index >= 15 is 0 Å². The van der Waals surface area contributed by atoms with Crippen molar-refractivity contribution in [1.29, 1.82) is 0 Å². The number of nitrogens with one attached hydrogen (secondary N) is 2. The van der Waals surface area contributed by atoms with Crippen molar-refractivity contribution in [2.75, 3.05) is 17.2 Å². The first-order valence-corrected chi connectivity index (χ1v) is 6.98. The number of rotatable bonds is 2. The number of aryl methyl sites for hydroxylation is 2. The molecule has 1 aliphatic rings. The molecule has 3 heteroatoms. The molecule has 0 aliphatic carbocycles. The van der Waals surface area contributed by atoms with Crippen molar-refractivity contribution < 1.29 is 4.79 Å². The standard InChI is InChI=1S/C17H18N2O/c1-12-6-2-3-10-15(12)19-17(20)14-9-4-7-13-8-5-11-18-16(13)14/h2-4,6-7,9-10,18H,5,8,11H2,1H3,(H,19,20). The molecule has 0 saturated heterocycles. The summed E-state index contributed by atoms with van der Waals surface area (Å²) in [5.41, 5.74) is 4.88. The minimum atomic E-state index is -0.0504. The monoisotopic (exact) mass is 266 g/mol. The smallest absolute Gasteiger partial charge is 0.257 e. The third-order valence-corrected chi connectivity index (χ3v) is 3.71. The van der Waals surface area contributed by atoms with Gasteiger partial charge in [0.2, 0.25) is 0 Å². The van der Waals surface area contributed by atoms with Crippen LogP contribution >= 0.6 is 0 Å². The van der Waals surface area contributed by atoms with Crippen LogP contribution in [0.2, 0.25) is 0 Å². The Hall–Kier alpha value is -2.29. The van der Waals surface area contributed by atoms with Crippen molar-refractivity contribution in [3.63, 3.8) is 0 Å². The Kier molecular flexibility index (Phi) is 3.42. The topological polar surface area (TPSA) is 41.1 Å². The molecule has 3 nitrogen and oxygen atoms in total. The van der Waals surface area contributed by atoms with Crippen LogP contribution in [0.15, 0.2) is 42.5 Å². The maximum Gasteiger partial charge on any atom is 0.257 e. The van der Waals surface area contributed by atoms with Crippen molar-refractivity contribution in [1.82, 2.24) is 0 Å². The first-order valence-electron chi connectivity index (χ1n) is 6.98. The quantitative estimate of drug-likeness (QED) is 0.872. The number of fused-ring (bicyclic) bond motifs is 1. The summed E-state index contributed by atoms with van der Waals surface area (Å²) < 4.78 is 0. The molecular weight excluding hydrogens is 248 g/mol. The minimum absolute atomic E-state index is 0.0504. The molecule has 1 heterocycles. The Bertz CT molecular complexity index is 649. The molecule has 0 bridgehead atoms. The van der Waals surface area contributed by atoms with Gasteiger partial charge in [-0.15, -0.1) is 0 Å². The van der Waals surface area contributed by atoms with Crippen molar-refractivity contribution in [3.8, 4) is 0 Å². The third-order valence-electron chi connectivity index (χ3n) is 3.71. The van der Waals surface area contributed by atoms with Crippen LogP contribution in [0.25, 0.3) is 0 Å². The van der Waals surface area contributed by atoms with Gasteiger partial charge in [0.05, 0.1) is 11.3 Å². The van der Waals surface area contributed by atoms with Gasteiger partial charge in [0.1, 0.15) is 0 Å². The molecule has 3 rings (SSSR count). The summed E-state index contributed by atoms with van der Waals surface area (Å²) in [6.45, 7) is 2.93. The Morgan fingerprint density at radius 3 is 2.85 bits per heavy atom. The van der Waals surface area contributed by atoms with Crippen molar-refractivity contribution in [2.24, 2.45) is 0 Å². The first kappa shape index (κ1) is 12.7. The van der Waals surface area contributed by atoms with Crippen LogP contribution in [0.5, 0.6) is 0 Å². The number of para-hydroxylation sites is 2. The summed E-state index contributed by atoms with van der Waals surface area (Å²) in [6.07, 6.45) is 2.16. The number of hydrogen-bond donors (Lipinski definition) is 2. The van der Waals surface area contributed by atoms with Crippen LogP contribution in [0, 0.1) is 6.92 Å². The number of anilines is 2. The highest BCUT2D eigenvalue weighted by atomic mass is 16.1. The molecular formula is C17H18N2O. The van der Waals surface area contributed by atoms with E-state index in [0.29, 0.717) is 0 Å². The maximum atomic E-state index is 12.5. The Labute approximate surface area is 119 Å². The molecule has 0 atom stereocenters. The van der Waals surface area contributed by atoms with E-state index in [4.69, 9.17) is 0 Å². The van der Waals surface area contributed by atoms with Gasteiger partial charge in [0.15, 0.2) is 0 Å².